The Morgan fingerprint density at radius 1 is 1.21 bits per heavy atom. The summed E-state index contributed by atoms with van der Waals surface area (Å²) >= 11 is 0. The van der Waals surface area contributed by atoms with Gasteiger partial charge in [-0.05, 0) is 25.1 Å². The summed E-state index contributed by atoms with van der Waals surface area (Å²) < 4.78 is 11.7. The minimum Gasteiger partial charge on any atom is -0.491 e. The molecule has 1 aliphatic rings. The second-order valence-corrected chi connectivity index (χ2v) is 8.52. The van der Waals surface area contributed by atoms with Gasteiger partial charge in [-0.3, -0.25) is 19.4 Å². The first-order chi connectivity index (χ1) is 16.2. The van der Waals surface area contributed by atoms with Crippen LogP contribution in [0.25, 0.3) is 0 Å². The van der Waals surface area contributed by atoms with Gasteiger partial charge in [-0.2, -0.15) is 0 Å². The van der Waals surface area contributed by atoms with Crippen molar-refractivity contribution < 1.29 is 23.9 Å². The molecule has 1 N–H and O–H groups in total. The van der Waals surface area contributed by atoms with E-state index in [2.05, 4.69) is 15.3 Å². The molecule has 34 heavy (non-hydrogen) atoms. The number of hydrogen-bond acceptors (Lipinski definition) is 7. The Balaban J connectivity index is 1.94. The number of rotatable bonds is 3. The van der Waals surface area contributed by atoms with Crippen LogP contribution in [0.3, 0.4) is 0 Å². The van der Waals surface area contributed by atoms with Gasteiger partial charge in [0, 0.05) is 58.2 Å². The minimum absolute atomic E-state index is 0.0110. The highest BCUT2D eigenvalue weighted by Gasteiger charge is 2.29. The summed E-state index contributed by atoms with van der Waals surface area (Å²) in [7, 11) is 3.29. The number of benzene rings is 1. The zero-order valence-electron chi connectivity index (χ0n) is 20.1. The summed E-state index contributed by atoms with van der Waals surface area (Å²) in [6.07, 6.45) is 4.00. The van der Waals surface area contributed by atoms with Crippen LogP contribution in [0.5, 0.6) is 5.75 Å². The molecule has 0 unspecified atom stereocenters. The lowest BCUT2D eigenvalue weighted by molar-refractivity contribution is -0.133. The maximum absolute atomic E-state index is 13.4. The van der Waals surface area contributed by atoms with Crippen molar-refractivity contribution >= 4 is 23.4 Å². The van der Waals surface area contributed by atoms with Crippen molar-refractivity contribution in [3.63, 3.8) is 0 Å². The van der Waals surface area contributed by atoms with Gasteiger partial charge >= 0.3 is 0 Å². The molecule has 2 heterocycles. The first-order valence-electron chi connectivity index (χ1n) is 11.1. The molecule has 2 aromatic rings. The van der Waals surface area contributed by atoms with E-state index in [1.807, 2.05) is 13.8 Å². The summed E-state index contributed by atoms with van der Waals surface area (Å²) in [5.74, 6) is -0.407. The fourth-order valence-corrected chi connectivity index (χ4v) is 3.90. The van der Waals surface area contributed by atoms with E-state index in [-0.39, 0.29) is 42.2 Å². The summed E-state index contributed by atoms with van der Waals surface area (Å²) in [6.45, 7) is 6.46. The van der Waals surface area contributed by atoms with Crippen molar-refractivity contribution in [3.05, 3.63) is 48.0 Å². The van der Waals surface area contributed by atoms with Crippen molar-refractivity contribution in [1.29, 1.82) is 0 Å². The van der Waals surface area contributed by atoms with Gasteiger partial charge in [0.15, 0.2) is 0 Å². The topological polar surface area (TPSA) is 114 Å². The molecule has 0 fully saturated rings. The molecule has 1 aromatic heterocycles. The SMILES string of the molecule is CO[C@H]1CN(C)C(=O)c2cc(NC(=O)c3cnccn3)ccc2OC[C@H](C)N(C(C)=O)C[C@@H]1C. The van der Waals surface area contributed by atoms with Crippen molar-refractivity contribution in [2.24, 2.45) is 5.92 Å². The second-order valence-electron chi connectivity index (χ2n) is 8.52. The molecule has 0 aliphatic carbocycles. The first kappa shape index (κ1) is 25.1. The van der Waals surface area contributed by atoms with Crippen LogP contribution in [0.1, 0.15) is 41.6 Å². The molecule has 0 saturated carbocycles. The van der Waals surface area contributed by atoms with Gasteiger partial charge in [-0.1, -0.05) is 6.92 Å². The predicted molar refractivity (Wildman–Crippen MR) is 126 cm³/mol. The third kappa shape index (κ3) is 5.88. The van der Waals surface area contributed by atoms with Crippen LogP contribution in [0, 0.1) is 5.92 Å². The maximum Gasteiger partial charge on any atom is 0.275 e. The number of nitrogens with one attached hydrogen (secondary N) is 1. The van der Waals surface area contributed by atoms with E-state index in [4.69, 9.17) is 9.47 Å². The van der Waals surface area contributed by atoms with Gasteiger partial charge in [0.1, 0.15) is 18.1 Å². The maximum atomic E-state index is 13.4. The highest BCUT2D eigenvalue weighted by Crippen LogP contribution is 2.26. The number of methoxy groups -OCH3 is 1. The second kappa shape index (κ2) is 11.1. The van der Waals surface area contributed by atoms with Gasteiger partial charge in [0.2, 0.25) is 5.91 Å². The van der Waals surface area contributed by atoms with E-state index in [9.17, 15) is 14.4 Å². The van der Waals surface area contributed by atoms with Crippen LogP contribution in [0.4, 0.5) is 5.69 Å². The number of hydrogen-bond donors (Lipinski definition) is 1. The molecule has 1 aromatic carbocycles. The molecular weight excluding hydrogens is 438 g/mol. The Kier molecular flexibility index (Phi) is 8.17. The van der Waals surface area contributed by atoms with Crippen molar-refractivity contribution in [2.75, 3.05) is 39.2 Å². The minimum atomic E-state index is -0.443. The van der Waals surface area contributed by atoms with Crippen LogP contribution in [0.2, 0.25) is 0 Å². The number of likely N-dealkylation sites (N-methyl/N-ethyl adjacent to an activating group) is 1. The first-order valence-corrected chi connectivity index (χ1v) is 11.1. The van der Waals surface area contributed by atoms with Crippen LogP contribution < -0.4 is 10.1 Å². The zero-order chi connectivity index (χ0) is 24.8. The molecule has 0 radical (unpaired) electrons. The lowest BCUT2D eigenvalue weighted by Gasteiger charge is -2.35. The van der Waals surface area contributed by atoms with Crippen LogP contribution in [-0.2, 0) is 9.53 Å². The number of carbonyl (C=O) groups excluding carboxylic acids is 3. The Morgan fingerprint density at radius 2 is 1.97 bits per heavy atom. The normalized spacial score (nSPS) is 21.6. The number of aromatic nitrogens is 2. The molecule has 0 bridgehead atoms. The molecule has 182 valence electrons. The van der Waals surface area contributed by atoms with E-state index in [1.54, 1.807) is 42.2 Å². The lowest BCUT2D eigenvalue weighted by atomic mass is 10.0. The van der Waals surface area contributed by atoms with Crippen LogP contribution in [-0.4, -0.2) is 83.5 Å². The Bertz CT molecular complexity index is 1030. The molecule has 1 aliphatic heterocycles. The number of fused-ring (bicyclic) bond motifs is 1. The Labute approximate surface area is 199 Å². The zero-order valence-corrected chi connectivity index (χ0v) is 20.1. The summed E-state index contributed by atoms with van der Waals surface area (Å²) in [5, 5.41) is 2.74. The fraction of sp³-hybridized carbons (Fsp3) is 0.458. The lowest BCUT2D eigenvalue weighted by Crippen LogP contribution is -2.48. The quantitative estimate of drug-likeness (QED) is 0.732. The van der Waals surface area contributed by atoms with Gasteiger partial charge in [0.05, 0.1) is 23.9 Å². The molecule has 3 atom stereocenters. The Morgan fingerprint density at radius 3 is 2.62 bits per heavy atom. The smallest absolute Gasteiger partial charge is 0.275 e. The molecule has 0 spiro atoms. The van der Waals surface area contributed by atoms with E-state index in [1.165, 1.54) is 25.5 Å². The van der Waals surface area contributed by atoms with E-state index >= 15 is 0 Å². The number of anilines is 1. The standard InChI is InChI=1S/C24H31N5O5/c1-15-12-29(17(3)30)16(2)14-34-21-7-6-18(27-23(31)20-11-25-8-9-26-20)10-19(21)24(32)28(4)13-22(15)33-5/h6-11,15-16,22H,12-14H2,1-5H3,(H,27,31)/t15-,16-,22-/m0/s1. The summed E-state index contributed by atoms with van der Waals surface area (Å²) in [4.78, 5) is 49.4. The molecular formula is C24H31N5O5. The summed E-state index contributed by atoms with van der Waals surface area (Å²) in [6, 6.07) is 4.65. The molecule has 0 saturated heterocycles. The van der Waals surface area contributed by atoms with Crippen LogP contribution >= 0.6 is 0 Å². The monoisotopic (exact) mass is 469 g/mol. The highest BCUT2D eigenvalue weighted by molar-refractivity contribution is 6.04. The largest absolute Gasteiger partial charge is 0.491 e. The van der Waals surface area contributed by atoms with E-state index in [0.29, 0.717) is 30.1 Å². The Hall–Kier alpha value is -3.53. The van der Waals surface area contributed by atoms with Gasteiger partial charge in [-0.15, -0.1) is 0 Å². The molecule has 3 amide bonds. The fourth-order valence-electron chi connectivity index (χ4n) is 3.90. The van der Waals surface area contributed by atoms with Crippen molar-refractivity contribution in [2.45, 2.75) is 32.9 Å². The van der Waals surface area contributed by atoms with Gasteiger partial charge in [0.25, 0.3) is 11.8 Å². The average Bonchev–Trinajstić information content (AvgIpc) is 2.83. The molecule has 3 rings (SSSR count). The molecule has 10 nitrogen and oxygen atoms in total. The third-order valence-electron chi connectivity index (χ3n) is 5.90. The van der Waals surface area contributed by atoms with E-state index in [0.717, 1.165) is 0 Å². The third-order valence-corrected chi connectivity index (χ3v) is 5.90. The highest BCUT2D eigenvalue weighted by atomic mass is 16.5. The van der Waals surface area contributed by atoms with Gasteiger partial charge in [-0.25, -0.2) is 4.98 Å². The molecule has 10 heteroatoms. The number of nitrogens with zero attached hydrogens (tertiary/aromatic N) is 4. The number of carbonyl (C=O) groups is 3. The van der Waals surface area contributed by atoms with Crippen molar-refractivity contribution in [1.82, 2.24) is 19.8 Å². The average molecular weight is 470 g/mol. The number of ether oxygens (including phenoxy) is 2. The number of amides is 3. The predicted octanol–water partition coefficient (Wildman–Crippen LogP) is 2.08. The summed E-state index contributed by atoms with van der Waals surface area (Å²) in [5.41, 5.74) is 0.871. The van der Waals surface area contributed by atoms with Crippen molar-refractivity contribution in [3.8, 4) is 5.75 Å². The van der Waals surface area contributed by atoms with E-state index < -0.39 is 5.91 Å². The van der Waals surface area contributed by atoms with Gasteiger partial charge < -0.3 is 24.6 Å². The van der Waals surface area contributed by atoms with Crippen LogP contribution in [0.15, 0.2) is 36.8 Å².